The summed E-state index contributed by atoms with van der Waals surface area (Å²) in [5.74, 6) is -0.128. The number of hydrogen-bond acceptors (Lipinski definition) is 4. The van der Waals surface area contributed by atoms with Crippen LogP contribution in [0.5, 0.6) is 5.75 Å². The summed E-state index contributed by atoms with van der Waals surface area (Å²) in [7, 11) is 0. The fourth-order valence-corrected chi connectivity index (χ4v) is 2.65. The SMILES string of the molecule is O=c1c2ccc(F)cc2ncn1C[C@@H](O)COc1cc(Cl)ccc1Cl. The van der Waals surface area contributed by atoms with Crippen molar-refractivity contribution in [3.63, 3.8) is 0 Å². The fourth-order valence-electron chi connectivity index (χ4n) is 2.32. The van der Waals surface area contributed by atoms with Crippen molar-refractivity contribution < 1.29 is 14.2 Å². The molecule has 2 aromatic carbocycles. The van der Waals surface area contributed by atoms with Crippen LogP contribution in [0.3, 0.4) is 0 Å². The third-order valence-electron chi connectivity index (χ3n) is 3.52. The third-order valence-corrected chi connectivity index (χ3v) is 4.07. The van der Waals surface area contributed by atoms with E-state index in [1.54, 1.807) is 12.1 Å². The van der Waals surface area contributed by atoms with Crippen LogP contribution in [0.4, 0.5) is 4.39 Å². The molecule has 25 heavy (non-hydrogen) atoms. The average molecular weight is 383 g/mol. The number of halogens is 3. The molecule has 0 aliphatic carbocycles. The van der Waals surface area contributed by atoms with Gasteiger partial charge in [0.2, 0.25) is 0 Å². The summed E-state index contributed by atoms with van der Waals surface area (Å²) in [5.41, 5.74) is -0.109. The van der Waals surface area contributed by atoms with E-state index in [4.69, 9.17) is 27.9 Å². The number of rotatable bonds is 5. The molecule has 1 atom stereocenters. The Bertz CT molecular complexity index is 978. The van der Waals surface area contributed by atoms with Gasteiger partial charge in [-0.15, -0.1) is 0 Å². The molecule has 0 spiro atoms. The molecule has 0 aliphatic heterocycles. The molecule has 0 aliphatic rings. The Kier molecular flexibility index (Phi) is 5.22. The van der Waals surface area contributed by atoms with Crippen LogP contribution < -0.4 is 10.3 Å². The van der Waals surface area contributed by atoms with Crippen LogP contribution >= 0.6 is 23.2 Å². The van der Waals surface area contributed by atoms with Gasteiger partial charge in [0.1, 0.15) is 24.3 Å². The maximum atomic E-state index is 13.2. The van der Waals surface area contributed by atoms with Gasteiger partial charge in [-0.25, -0.2) is 9.37 Å². The van der Waals surface area contributed by atoms with E-state index in [2.05, 4.69) is 4.98 Å². The van der Waals surface area contributed by atoms with E-state index < -0.39 is 11.9 Å². The molecule has 0 saturated heterocycles. The van der Waals surface area contributed by atoms with E-state index in [1.165, 1.54) is 35.2 Å². The van der Waals surface area contributed by atoms with E-state index >= 15 is 0 Å². The molecule has 3 rings (SSSR count). The van der Waals surface area contributed by atoms with Gasteiger partial charge in [-0.05, 0) is 24.3 Å². The minimum Gasteiger partial charge on any atom is -0.489 e. The molecule has 3 aromatic rings. The highest BCUT2D eigenvalue weighted by atomic mass is 35.5. The van der Waals surface area contributed by atoms with Gasteiger partial charge in [-0.1, -0.05) is 23.2 Å². The van der Waals surface area contributed by atoms with Crippen molar-refractivity contribution in [2.45, 2.75) is 12.6 Å². The number of hydrogen-bond donors (Lipinski definition) is 1. The molecule has 1 aromatic heterocycles. The lowest BCUT2D eigenvalue weighted by atomic mass is 10.2. The van der Waals surface area contributed by atoms with Crippen molar-refractivity contribution >= 4 is 34.1 Å². The Morgan fingerprint density at radius 3 is 2.84 bits per heavy atom. The lowest BCUT2D eigenvalue weighted by molar-refractivity contribution is 0.0915. The molecular formula is C17H13Cl2FN2O3. The van der Waals surface area contributed by atoms with Crippen LogP contribution in [0.15, 0.2) is 47.5 Å². The number of fused-ring (bicyclic) bond motifs is 1. The van der Waals surface area contributed by atoms with Crippen LogP contribution in [0.25, 0.3) is 10.9 Å². The van der Waals surface area contributed by atoms with E-state index in [1.807, 2.05) is 0 Å². The third kappa shape index (κ3) is 4.10. The Balaban J connectivity index is 1.72. The molecular weight excluding hydrogens is 370 g/mol. The largest absolute Gasteiger partial charge is 0.489 e. The smallest absolute Gasteiger partial charge is 0.261 e. The molecule has 0 fully saturated rings. The summed E-state index contributed by atoms with van der Waals surface area (Å²) in [4.78, 5) is 16.4. The van der Waals surface area contributed by atoms with Gasteiger partial charge in [-0.3, -0.25) is 9.36 Å². The van der Waals surface area contributed by atoms with Gasteiger partial charge < -0.3 is 9.84 Å². The van der Waals surface area contributed by atoms with Crippen molar-refractivity contribution in [3.05, 3.63) is 68.9 Å². The molecule has 1 N–H and O–H groups in total. The molecule has 0 radical (unpaired) electrons. The Morgan fingerprint density at radius 2 is 2.04 bits per heavy atom. The number of nitrogens with zero attached hydrogens (tertiary/aromatic N) is 2. The Labute approximate surface area is 152 Å². The summed E-state index contributed by atoms with van der Waals surface area (Å²) >= 11 is 11.8. The van der Waals surface area contributed by atoms with Gasteiger partial charge in [-0.2, -0.15) is 0 Å². The van der Waals surface area contributed by atoms with Gasteiger partial charge >= 0.3 is 0 Å². The van der Waals surface area contributed by atoms with Crippen molar-refractivity contribution in [2.24, 2.45) is 0 Å². The molecule has 1 heterocycles. The van der Waals surface area contributed by atoms with Gasteiger partial charge in [0, 0.05) is 17.2 Å². The molecule has 0 bridgehead atoms. The second kappa shape index (κ2) is 7.39. The first-order valence-electron chi connectivity index (χ1n) is 7.34. The van der Waals surface area contributed by atoms with Crippen LogP contribution in [0.2, 0.25) is 10.0 Å². The highest BCUT2D eigenvalue weighted by Crippen LogP contribution is 2.27. The standard InChI is InChI=1S/C17H13Cl2FN2O3/c18-10-1-4-14(19)16(5-10)25-8-12(23)7-22-9-21-15-6-11(20)2-3-13(15)17(22)24/h1-6,9,12,23H,7-8H2/t12-/m1/s1. The molecule has 0 unspecified atom stereocenters. The van der Waals surface area contributed by atoms with Crippen LogP contribution in [0.1, 0.15) is 0 Å². The number of aliphatic hydroxyl groups is 1. The van der Waals surface area contributed by atoms with Crippen LogP contribution in [-0.4, -0.2) is 27.4 Å². The molecule has 0 saturated carbocycles. The predicted octanol–water partition coefficient (Wildman–Crippen LogP) is 3.28. The van der Waals surface area contributed by atoms with Crippen LogP contribution in [-0.2, 0) is 6.54 Å². The van der Waals surface area contributed by atoms with Gasteiger partial charge in [0.25, 0.3) is 5.56 Å². The van der Waals surface area contributed by atoms with Crippen LogP contribution in [0, 0.1) is 5.82 Å². The predicted molar refractivity (Wildman–Crippen MR) is 93.9 cm³/mol. The highest BCUT2D eigenvalue weighted by Gasteiger charge is 2.12. The monoisotopic (exact) mass is 382 g/mol. The van der Waals surface area contributed by atoms with Gasteiger partial charge in [0.05, 0.1) is 28.8 Å². The molecule has 130 valence electrons. The first-order chi connectivity index (χ1) is 11.9. The minimum absolute atomic E-state index is 0.0304. The highest BCUT2D eigenvalue weighted by molar-refractivity contribution is 6.34. The lowest BCUT2D eigenvalue weighted by Crippen LogP contribution is -2.30. The van der Waals surface area contributed by atoms with E-state index in [0.29, 0.717) is 15.8 Å². The quantitative estimate of drug-likeness (QED) is 0.735. The number of aliphatic hydroxyl groups excluding tert-OH is 1. The normalized spacial score (nSPS) is 12.3. The van der Waals surface area contributed by atoms with E-state index in [-0.39, 0.29) is 29.6 Å². The van der Waals surface area contributed by atoms with E-state index in [9.17, 15) is 14.3 Å². The van der Waals surface area contributed by atoms with Crippen molar-refractivity contribution in [3.8, 4) is 5.75 Å². The molecule has 5 nitrogen and oxygen atoms in total. The van der Waals surface area contributed by atoms with Crippen molar-refractivity contribution in [1.82, 2.24) is 9.55 Å². The zero-order valence-electron chi connectivity index (χ0n) is 12.8. The van der Waals surface area contributed by atoms with Gasteiger partial charge in [0.15, 0.2) is 0 Å². The molecule has 0 amide bonds. The Morgan fingerprint density at radius 1 is 1.24 bits per heavy atom. The topological polar surface area (TPSA) is 64.4 Å². The summed E-state index contributed by atoms with van der Waals surface area (Å²) in [6, 6.07) is 8.48. The lowest BCUT2D eigenvalue weighted by Gasteiger charge is -2.15. The zero-order valence-corrected chi connectivity index (χ0v) is 14.3. The summed E-state index contributed by atoms with van der Waals surface area (Å²) in [6.07, 6.45) is 0.284. The van der Waals surface area contributed by atoms with Crippen molar-refractivity contribution in [2.75, 3.05) is 6.61 Å². The first-order valence-corrected chi connectivity index (χ1v) is 8.10. The molecule has 8 heteroatoms. The van der Waals surface area contributed by atoms with E-state index in [0.717, 1.165) is 0 Å². The zero-order chi connectivity index (χ0) is 18.0. The second-order valence-electron chi connectivity index (χ2n) is 5.40. The maximum Gasteiger partial charge on any atom is 0.261 e. The second-order valence-corrected chi connectivity index (χ2v) is 6.25. The average Bonchev–Trinajstić information content (AvgIpc) is 2.58. The number of aromatic nitrogens is 2. The summed E-state index contributed by atoms with van der Waals surface area (Å²) in [6.45, 7) is -0.120. The summed E-state index contributed by atoms with van der Waals surface area (Å²) < 4.78 is 19.9. The summed E-state index contributed by atoms with van der Waals surface area (Å²) in [5, 5.41) is 11.2. The fraction of sp³-hybridized carbons (Fsp3) is 0.176. The number of ether oxygens (including phenoxy) is 1. The minimum atomic E-state index is -0.979. The first kappa shape index (κ1) is 17.7. The maximum absolute atomic E-state index is 13.2. The number of benzene rings is 2. The van der Waals surface area contributed by atoms with Crippen molar-refractivity contribution in [1.29, 1.82) is 0 Å². The Hall–Kier alpha value is -2.15.